The third-order valence-corrected chi connectivity index (χ3v) is 4.31. The summed E-state index contributed by atoms with van der Waals surface area (Å²) in [6.07, 6.45) is 0. The first-order valence-electron chi connectivity index (χ1n) is 5.84. The zero-order chi connectivity index (χ0) is 13.5. The fourth-order valence-electron chi connectivity index (χ4n) is 1.34. The summed E-state index contributed by atoms with van der Waals surface area (Å²) in [6.45, 7) is 3.47. The molecule has 19 heavy (non-hydrogen) atoms. The van der Waals surface area contributed by atoms with Crippen LogP contribution in [0.4, 0.5) is 10.8 Å². The molecule has 0 unspecified atom stereocenters. The largest absolute Gasteiger partial charge is 0.381 e. The van der Waals surface area contributed by atoms with E-state index >= 15 is 0 Å². The second kappa shape index (κ2) is 7.69. The van der Waals surface area contributed by atoms with Gasteiger partial charge in [-0.25, -0.2) is 0 Å². The highest BCUT2D eigenvalue weighted by molar-refractivity contribution is 8.01. The molecule has 102 valence electrons. The van der Waals surface area contributed by atoms with Crippen LogP contribution in [0.1, 0.15) is 6.92 Å². The van der Waals surface area contributed by atoms with Gasteiger partial charge in [-0.15, -0.1) is 10.2 Å². The first-order chi connectivity index (χ1) is 9.28. The smallest absolute Gasteiger partial charge is 0.210 e. The quantitative estimate of drug-likeness (QED) is 0.616. The highest BCUT2D eigenvalue weighted by Crippen LogP contribution is 2.28. The Morgan fingerprint density at radius 2 is 2.32 bits per heavy atom. The molecular weight excluding hydrogens is 302 g/mol. The predicted octanol–water partition coefficient (Wildman–Crippen LogP) is 4.06. The lowest BCUT2D eigenvalue weighted by Crippen LogP contribution is -1.95. The zero-order valence-corrected chi connectivity index (χ0v) is 12.8. The molecule has 0 aliphatic rings. The van der Waals surface area contributed by atoms with Crippen LogP contribution in [0.5, 0.6) is 0 Å². The van der Waals surface area contributed by atoms with Crippen molar-refractivity contribution in [1.29, 1.82) is 0 Å². The number of aromatic nitrogens is 2. The monoisotopic (exact) mass is 315 g/mol. The minimum atomic E-state index is 0.695. The number of hydrogen-bond donors (Lipinski definition) is 1. The van der Waals surface area contributed by atoms with Crippen LogP contribution in [-0.2, 0) is 4.74 Å². The average Bonchev–Trinajstić information content (AvgIpc) is 2.82. The third kappa shape index (κ3) is 4.99. The Kier molecular flexibility index (Phi) is 5.91. The molecule has 0 spiro atoms. The van der Waals surface area contributed by atoms with E-state index in [9.17, 15) is 0 Å². The number of thioether (sulfide) groups is 1. The van der Waals surface area contributed by atoms with Gasteiger partial charge in [-0.1, -0.05) is 40.8 Å². The fourth-order valence-corrected chi connectivity index (χ4v) is 3.23. The summed E-state index contributed by atoms with van der Waals surface area (Å²) in [5.41, 5.74) is 0.912. The van der Waals surface area contributed by atoms with Gasteiger partial charge < -0.3 is 10.1 Å². The molecule has 0 amide bonds. The third-order valence-electron chi connectivity index (χ3n) is 2.14. The number of rotatable bonds is 7. The van der Waals surface area contributed by atoms with Crippen molar-refractivity contribution in [3.8, 4) is 0 Å². The van der Waals surface area contributed by atoms with Crippen molar-refractivity contribution in [2.75, 3.05) is 24.3 Å². The maximum absolute atomic E-state index is 5.92. The van der Waals surface area contributed by atoms with Crippen LogP contribution in [0.15, 0.2) is 28.6 Å². The van der Waals surface area contributed by atoms with Crippen LogP contribution in [-0.4, -0.2) is 29.2 Å². The molecule has 0 saturated carbocycles. The van der Waals surface area contributed by atoms with Crippen molar-refractivity contribution < 1.29 is 4.74 Å². The molecule has 2 rings (SSSR count). The molecular formula is C12H14ClN3OS2. The fraction of sp³-hybridized carbons (Fsp3) is 0.333. The van der Waals surface area contributed by atoms with Crippen LogP contribution >= 0.6 is 34.7 Å². The van der Waals surface area contributed by atoms with Gasteiger partial charge in [0.05, 0.1) is 6.61 Å². The van der Waals surface area contributed by atoms with E-state index in [2.05, 4.69) is 15.5 Å². The highest BCUT2D eigenvalue weighted by atomic mass is 35.5. The van der Waals surface area contributed by atoms with E-state index in [4.69, 9.17) is 16.3 Å². The van der Waals surface area contributed by atoms with Crippen LogP contribution in [0.25, 0.3) is 0 Å². The Bertz CT molecular complexity index is 521. The molecule has 1 aromatic heterocycles. The lowest BCUT2D eigenvalue weighted by Gasteiger charge is -2.01. The topological polar surface area (TPSA) is 47.0 Å². The number of anilines is 2. The van der Waals surface area contributed by atoms with Gasteiger partial charge in [-0.3, -0.25) is 0 Å². The minimum Gasteiger partial charge on any atom is -0.381 e. The van der Waals surface area contributed by atoms with E-state index in [0.29, 0.717) is 5.02 Å². The summed E-state index contributed by atoms with van der Waals surface area (Å²) in [5, 5.41) is 12.8. The van der Waals surface area contributed by atoms with Crippen molar-refractivity contribution >= 4 is 45.5 Å². The number of halogens is 1. The molecule has 4 nitrogen and oxygen atoms in total. The number of hydrogen-bond acceptors (Lipinski definition) is 6. The molecule has 0 atom stereocenters. The first kappa shape index (κ1) is 14.6. The van der Waals surface area contributed by atoms with E-state index in [-0.39, 0.29) is 0 Å². The standard InChI is InChI=1S/C12H14ClN3OS2/c1-2-17-6-7-18-12-16-15-11(19-12)14-10-5-3-4-9(13)8-10/h3-5,8H,2,6-7H2,1H3,(H,14,15). The average molecular weight is 316 g/mol. The maximum Gasteiger partial charge on any atom is 0.210 e. The van der Waals surface area contributed by atoms with Crippen LogP contribution < -0.4 is 5.32 Å². The van der Waals surface area contributed by atoms with E-state index in [1.54, 1.807) is 11.8 Å². The Balaban J connectivity index is 1.87. The van der Waals surface area contributed by atoms with Crippen LogP contribution in [0.3, 0.4) is 0 Å². The minimum absolute atomic E-state index is 0.695. The highest BCUT2D eigenvalue weighted by Gasteiger charge is 2.05. The van der Waals surface area contributed by atoms with Gasteiger partial charge in [0.2, 0.25) is 5.13 Å². The number of benzene rings is 1. The molecule has 2 aromatic rings. The summed E-state index contributed by atoms with van der Waals surface area (Å²) >= 11 is 9.10. The van der Waals surface area contributed by atoms with Crippen molar-refractivity contribution in [2.45, 2.75) is 11.3 Å². The van der Waals surface area contributed by atoms with E-state index in [1.807, 2.05) is 31.2 Å². The molecule has 7 heteroatoms. The van der Waals surface area contributed by atoms with Crippen molar-refractivity contribution in [2.24, 2.45) is 0 Å². The van der Waals surface area contributed by atoms with Gasteiger partial charge in [-0.05, 0) is 25.1 Å². The Morgan fingerprint density at radius 3 is 3.11 bits per heavy atom. The summed E-state index contributed by atoms with van der Waals surface area (Å²) in [6, 6.07) is 7.52. The van der Waals surface area contributed by atoms with Gasteiger partial charge >= 0.3 is 0 Å². The number of nitrogens with zero attached hydrogens (tertiary/aromatic N) is 2. The first-order valence-corrected chi connectivity index (χ1v) is 8.02. The van der Waals surface area contributed by atoms with E-state index < -0.39 is 0 Å². The van der Waals surface area contributed by atoms with Crippen LogP contribution in [0, 0.1) is 0 Å². The summed E-state index contributed by atoms with van der Waals surface area (Å²) < 4.78 is 6.21. The van der Waals surface area contributed by atoms with E-state index in [1.165, 1.54) is 11.3 Å². The second-order valence-electron chi connectivity index (χ2n) is 3.55. The van der Waals surface area contributed by atoms with Gasteiger partial charge in [0, 0.05) is 23.1 Å². The van der Waals surface area contributed by atoms with Gasteiger partial charge in [0.1, 0.15) is 0 Å². The molecule has 0 aliphatic carbocycles. The van der Waals surface area contributed by atoms with Gasteiger partial charge in [0.25, 0.3) is 0 Å². The second-order valence-corrected chi connectivity index (χ2v) is 6.31. The molecule has 0 aliphatic heterocycles. The normalized spacial score (nSPS) is 10.6. The molecule has 0 saturated heterocycles. The molecule has 1 heterocycles. The molecule has 0 fully saturated rings. The Labute approximate surface area is 125 Å². The lowest BCUT2D eigenvalue weighted by molar-refractivity contribution is 0.164. The van der Waals surface area contributed by atoms with Gasteiger partial charge in [-0.2, -0.15) is 0 Å². The summed E-state index contributed by atoms with van der Waals surface area (Å²) in [5.74, 6) is 0.889. The molecule has 1 aromatic carbocycles. The predicted molar refractivity (Wildman–Crippen MR) is 81.9 cm³/mol. The summed E-state index contributed by atoms with van der Waals surface area (Å²) in [7, 11) is 0. The number of nitrogens with one attached hydrogen (secondary N) is 1. The van der Waals surface area contributed by atoms with Crippen LogP contribution in [0.2, 0.25) is 5.02 Å². The number of ether oxygens (including phenoxy) is 1. The Hall–Kier alpha value is -0.820. The lowest BCUT2D eigenvalue weighted by atomic mass is 10.3. The van der Waals surface area contributed by atoms with Crippen molar-refractivity contribution in [1.82, 2.24) is 10.2 Å². The maximum atomic E-state index is 5.92. The zero-order valence-electron chi connectivity index (χ0n) is 10.4. The molecule has 1 N–H and O–H groups in total. The Morgan fingerprint density at radius 1 is 1.42 bits per heavy atom. The SMILES string of the molecule is CCOCCSc1nnc(Nc2cccc(Cl)c2)s1. The molecule has 0 radical (unpaired) electrons. The summed E-state index contributed by atoms with van der Waals surface area (Å²) in [4.78, 5) is 0. The molecule has 0 bridgehead atoms. The van der Waals surface area contributed by atoms with Crippen molar-refractivity contribution in [3.05, 3.63) is 29.3 Å². The van der Waals surface area contributed by atoms with E-state index in [0.717, 1.165) is 34.1 Å². The van der Waals surface area contributed by atoms with Gasteiger partial charge in [0.15, 0.2) is 4.34 Å². The van der Waals surface area contributed by atoms with Crippen molar-refractivity contribution in [3.63, 3.8) is 0 Å².